The highest BCUT2D eigenvalue weighted by atomic mass is 32.2. The lowest BCUT2D eigenvalue weighted by Crippen LogP contribution is -2.14. The van der Waals surface area contributed by atoms with E-state index in [0.29, 0.717) is 0 Å². The molecule has 0 aliphatic carbocycles. The van der Waals surface area contributed by atoms with Gasteiger partial charge in [-0.25, -0.2) is 9.50 Å². The highest BCUT2D eigenvalue weighted by Gasteiger charge is 2.12. The lowest BCUT2D eigenvalue weighted by molar-refractivity contribution is -0.113. The molecule has 4 rings (SSSR count). The zero-order valence-electron chi connectivity index (χ0n) is 14.8. The van der Waals surface area contributed by atoms with Gasteiger partial charge in [0.15, 0.2) is 0 Å². The molecular formula is C21H18N4OS. The van der Waals surface area contributed by atoms with Gasteiger partial charge in [0.2, 0.25) is 5.91 Å². The second-order valence-electron chi connectivity index (χ2n) is 6.11. The van der Waals surface area contributed by atoms with Crippen molar-refractivity contribution in [2.75, 3.05) is 11.1 Å². The fourth-order valence-corrected chi connectivity index (χ4v) is 3.57. The third kappa shape index (κ3) is 3.85. The molecule has 0 saturated heterocycles. The number of aromatic nitrogens is 3. The summed E-state index contributed by atoms with van der Waals surface area (Å²) < 4.78 is 1.80. The van der Waals surface area contributed by atoms with Gasteiger partial charge in [0.1, 0.15) is 5.03 Å². The molecule has 6 heteroatoms. The lowest BCUT2D eigenvalue weighted by atomic mass is 10.1. The molecule has 0 saturated carbocycles. The number of thioether (sulfide) groups is 1. The molecule has 0 aliphatic heterocycles. The zero-order chi connectivity index (χ0) is 18.6. The number of rotatable bonds is 5. The van der Waals surface area contributed by atoms with Crippen LogP contribution in [0.4, 0.5) is 5.69 Å². The predicted molar refractivity (Wildman–Crippen MR) is 109 cm³/mol. The van der Waals surface area contributed by atoms with E-state index < -0.39 is 0 Å². The topological polar surface area (TPSA) is 59.3 Å². The first kappa shape index (κ1) is 17.3. The first-order valence-electron chi connectivity index (χ1n) is 8.59. The zero-order valence-corrected chi connectivity index (χ0v) is 15.6. The number of carbonyl (C=O) groups excluding carboxylic acids is 1. The highest BCUT2D eigenvalue weighted by molar-refractivity contribution is 8.00. The van der Waals surface area contributed by atoms with Gasteiger partial charge in [-0.3, -0.25) is 4.79 Å². The summed E-state index contributed by atoms with van der Waals surface area (Å²) in [6.45, 7) is 1.97. The van der Waals surface area contributed by atoms with Crippen molar-refractivity contribution >= 4 is 28.9 Å². The number of carbonyl (C=O) groups is 1. The summed E-state index contributed by atoms with van der Waals surface area (Å²) in [5, 5.41) is 8.35. The first-order valence-corrected chi connectivity index (χ1v) is 9.57. The Bertz CT molecular complexity index is 1090. The Kier molecular flexibility index (Phi) is 4.89. The molecule has 1 N–H and O–H groups in total. The molecule has 1 amide bonds. The Morgan fingerprint density at radius 1 is 1.11 bits per heavy atom. The number of aryl methyl sites for hydroxylation is 1. The van der Waals surface area contributed by atoms with Crippen LogP contribution in [0.1, 0.15) is 5.56 Å². The number of benzene rings is 2. The molecule has 0 bridgehead atoms. The van der Waals surface area contributed by atoms with E-state index in [1.54, 1.807) is 10.7 Å². The maximum atomic E-state index is 12.3. The van der Waals surface area contributed by atoms with E-state index in [1.807, 2.05) is 73.8 Å². The minimum atomic E-state index is -0.0547. The molecule has 0 unspecified atom stereocenters. The second-order valence-corrected chi connectivity index (χ2v) is 7.07. The van der Waals surface area contributed by atoms with Gasteiger partial charge in [-0.1, -0.05) is 60.3 Å². The third-order valence-electron chi connectivity index (χ3n) is 4.18. The number of amides is 1. The maximum Gasteiger partial charge on any atom is 0.234 e. The first-order chi connectivity index (χ1) is 13.2. The van der Waals surface area contributed by atoms with Crippen LogP contribution < -0.4 is 5.32 Å². The molecule has 0 aliphatic rings. The number of anilines is 1. The van der Waals surface area contributed by atoms with Gasteiger partial charge in [-0.05, 0) is 24.6 Å². The molecule has 5 nitrogen and oxygen atoms in total. The van der Waals surface area contributed by atoms with E-state index in [4.69, 9.17) is 0 Å². The molecule has 4 aromatic rings. The SMILES string of the molecule is Cc1ccccc1NC(=O)CSc1nccn2nc(-c3ccccc3)cc12. The normalized spacial score (nSPS) is 10.9. The molecule has 0 radical (unpaired) electrons. The van der Waals surface area contributed by atoms with Gasteiger partial charge in [0.25, 0.3) is 0 Å². The fourth-order valence-electron chi connectivity index (χ4n) is 2.79. The van der Waals surface area contributed by atoms with Crippen LogP contribution in [0, 0.1) is 6.92 Å². The second kappa shape index (κ2) is 7.63. The predicted octanol–water partition coefficient (Wildman–Crippen LogP) is 4.44. The van der Waals surface area contributed by atoms with Crippen LogP contribution in [0.5, 0.6) is 0 Å². The van der Waals surface area contributed by atoms with Crippen molar-refractivity contribution in [2.45, 2.75) is 11.9 Å². The smallest absolute Gasteiger partial charge is 0.234 e. The van der Waals surface area contributed by atoms with E-state index in [1.165, 1.54) is 11.8 Å². The summed E-state index contributed by atoms with van der Waals surface area (Å²) >= 11 is 1.41. The molecule has 2 aromatic carbocycles. The van der Waals surface area contributed by atoms with Crippen LogP contribution in [-0.4, -0.2) is 26.3 Å². The summed E-state index contributed by atoms with van der Waals surface area (Å²) in [5.74, 6) is 0.230. The largest absolute Gasteiger partial charge is 0.325 e. The molecule has 0 atom stereocenters. The molecule has 2 heterocycles. The van der Waals surface area contributed by atoms with E-state index in [-0.39, 0.29) is 11.7 Å². The number of hydrogen-bond acceptors (Lipinski definition) is 4. The van der Waals surface area contributed by atoms with E-state index in [9.17, 15) is 4.79 Å². The number of fused-ring (bicyclic) bond motifs is 1. The van der Waals surface area contributed by atoms with Crippen LogP contribution in [0.3, 0.4) is 0 Å². The molecular weight excluding hydrogens is 356 g/mol. The summed E-state index contributed by atoms with van der Waals surface area (Å²) in [4.78, 5) is 16.8. The average molecular weight is 374 g/mol. The molecule has 27 heavy (non-hydrogen) atoms. The van der Waals surface area contributed by atoms with Gasteiger partial charge >= 0.3 is 0 Å². The van der Waals surface area contributed by atoms with Gasteiger partial charge in [0.05, 0.1) is 17.0 Å². The van der Waals surface area contributed by atoms with Crippen molar-refractivity contribution < 1.29 is 4.79 Å². The van der Waals surface area contributed by atoms with Gasteiger partial charge in [0, 0.05) is 23.6 Å². The lowest BCUT2D eigenvalue weighted by Gasteiger charge is -2.08. The average Bonchev–Trinajstić information content (AvgIpc) is 3.14. The van der Waals surface area contributed by atoms with E-state index in [2.05, 4.69) is 15.4 Å². The van der Waals surface area contributed by atoms with Gasteiger partial charge in [-0.15, -0.1) is 0 Å². The van der Waals surface area contributed by atoms with E-state index in [0.717, 1.165) is 33.1 Å². The standard InChI is InChI=1S/C21H18N4OS/c1-15-7-5-6-10-17(15)23-20(26)14-27-21-19-13-18(16-8-3-2-4-9-16)24-25(19)12-11-22-21/h2-13H,14H2,1H3,(H,23,26). The van der Waals surface area contributed by atoms with Gasteiger partial charge < -0.3 is 5.32 Å². The number of hydrogen-bond donors (Lipinski definition) is 1. The molecule has 0 spiro atoms. The molecule has 2 aromatic heterocycles. The van der Waals surface area contributed by atoms with Crippen molar-refractivity contribution in [3.8, 4) is 11.3 Å². The van der Waals surface area contributed by atoms with Crippen molar-refractivity contribution in [1.82, 2.24) is 14.6 Å². The quantitative estimate of drug-likeness (QED) is 0.525. The summed E-state index contributed by atoms with van der Waals surface area (Å²) in [6.07, 6.45) is 3.52. The summed E-state index contributed by atoms with van der Waals surface area (Å²) in [5.41, 5.74) is 4.71. The number of nitrogens with zero attached hydrogens (tertiary/aromatic N) is 3. The van der Waals surface area contributed by atoms with Crippen molar-refractivity contribution in [1.29, 1.82) is 0 Å². The monoisotopic (exact) mass is 374 g/mol. The maximum absolute atomic E-state index is 12.3. The Hall–Kier alpha value is -3.12. The van der Waals surface area contributed by atoms with Crippen LogP contribution in [0.15, 0.2) is 78.1 Å². The summed E-state index contributed by atoms with van der Waals surface area (Å²) in [7, 11) is 0. The Labute approximate surface area is 161 Å². The minimum Gasteiger partial charge on any atom is -0.325 e. The molecule has 0 fully saturated rings. The number of para-hydroxylation sites is 1. The van der Waals surface area contributed by atoms with Crippen LogP contribution in [0.2, 0.25) is 0 Å². The Balaban J connectivity index is 1.51. The Morgan fingerprint density at radius 2 is 1.89 bits per heavy atom. The van der Waals surface area contributed by atoms with Crippen LogP contribution in [-0.2, 0) is 4.79 Å². The highest BCUT2D eigenvalue weighted by Crippen LogP contribution is 2.26. The third-order valence-corrected chi connectivity index (χ3v) is 5.18. The van der Waals surface area contributed by atoms with Crippen molar-refractivity contribution in [3.05, 3.63) is 78.6 Å². The van der Waals surface area contributed by atoms with Crippen LogP contribution in [0.25, 0.3) is 16.8 Å². The van der Waals surface area contributed by atoms with Gasteiger partial charge in [-0.2, -0.15) is 5.10 Å². The molecule has 134 valence electrons. The Morgan fingerprint density at radius 3 is 2.70 bits per heavy atom. The van der Waals surface area contributed by atoms with Crippen LogP contribution >= 0.6 is 11.8 Å². The van der Waals surface area contributed by atoms with E-state index >= 15 is 0 Å². The minimum absolute atomic E-state index is 0.0547. The summed E-state index contributed by atoms with van der Waals surface area (Å²) in [6, 6.07) is 19.8. The van der Waals surface area contributed by atoms with Crippen molar-refractivity contribution in [3.63, 3.8) is 0 Å². The number of nitrogens with one attached hydrogen (secondary N) is 1. The fraction of sp³-hybridized carbons (Fsp3) is 0.0952. The van der Waals surface area contributed by atoms with Crippen molar-refractivity contribution in [2.24, 2.45) is 0 Å².